The van der Waals surface area contributed by atoms with Crippen LogP contribution in [0.3, 0.4) is 0 Å². The molecule has 2 aliphatic heterocycles. The lowest BCUT2D eigenvalue weighted by Crippen LogP contribution is -2.47. The molecule has 0 unspecified atom stereocenters. The van der Waals surface area contributed by atoms with Crippen molar-refractivity contribution in [3.63, 3.8) is 0 Å². The summed E-state index contributed by atoms with van der Waals surface area (Å²) >= 11 is 7.29. The molecule has 1 saturated heterocycles. The summed E-state index contributed by atoms with van der Waals surface area (Å²) in [6, 6.07) is 6.28. The lowest BCUT2D eigenvalue weighted by molar-refractivity contribution is 0.133. The summed E-state index contributed by atoms with van der Waals surface area (Å²) in [6.45, 7) is 2.17. The third-order valence-electron chi connectivity index (χ3n) is 6.22. The molecule has 1 spiro atoms. The van der Waals surface area contributed by atoms with Gasteiger partial charge in [-0.25, -0.2) is 19.2 Å². The van der Waals surface area contributed by atoms with E-state index in [1.165, 1.54) is 17.8 Å². The molecule has 4 heterocycles. The summed E-state index contributed by atoms with van der Waals surface area (Å²) in [5, 5.41) is 17.1. The molecule has 5 rings (SSSR count). The van der Waals surface area contributed by atoms with Crippen molar-refractivity contribution in [2.75, 3.05) is 18.0 Å². The van der Waals surface area contributed by atoms with Crippen molar-refractivity contribution >= 4 is 35.3 Å². The first-order valence-corrected chi connectivity index (χ1v) is 11.3. The van der Waals surface area contributed by atoms with Gasteiger partial charge >= 0.3 is 6.09 Å². The van der Waals surface area contributed by atoms with E-state index in [1.54, 1.807) is 30.7 Å². The molecule has 11 heteroatoms. The van der Waals surface area contributed by atoms with Crippen molar-refractivity contribution in [3.05, 3.63) is 59.4 Å². The standard InChI is InChI=1S/C21H20ClFN6O2S/c22-18-13(23)2-1-3-15(18)32-17-11-24-16(10-25-17)28-8-5-21(6-9-28)12-29-14(4-7-26-29)19(21)27-20(30)31/h1-4,7,10-11,19,27H,5-6,8-9,12H2,(H,30,31)/t19-/m1/s1. The fraction of sp³-hybridized carbons (Fsp3) is 0.333. The average molecular weight is 475 g/mol. The van der Waals surface area contributed by atoms with E-state index < -0.39 is 11.9 Å². The Labute approximate surface area is 192 Å². The summed E-state index contributed by atoms with van der Waals surface area (Å²) in [7, 11) is 0. The van der Waals surface area contributed by atoms with Crippen LogP contribution in [0.15, 0.2) is 52.8 Å². The number of aromatic nitrogens is 4. The highest BCUT2D eigenvalue weighted by Crippen LogP contribution is 2.49. The Balaban J connectivity index is 1.27. The SMILES string of the molecule is O=C(O)N[C@@H]1c2ccnn2CC12CCN(c1cnc(Sc3cccc(F)c3Cl)cn1)CC2. The number of hydrogen-bond donors (Lipinski definition) is 2. The molecule has 0 saturated carbocycles. The minimum Gasteiger partial charge on any atom is -0.465 e. The molecule has 32 heavy (non-hydrogen) atoms. The number of halogens is 2. The Kier molecular flexibility index (Phi) is 5.42. The van der Waals surface area contributed by atoms with Crippen LogP contribution in [0.25, 0.3) is 0 Å². The maximum absolute atomic E-state index is 13.6. The first-order valence-electron chi connectivity index (χ1n) is 10.2. The predicted molar refractivity (Wildman–Crippen MR) is 118 cm³/mol. The van der Waals surface area contributed by atoms with Gasteiger partial charge in [0.15, 0.2) is 0 Å². The minimum absolute atomic E-state index is 0.0748. The number of carbonyl (C=O) groups is 1. The second kappa shape index (κ2) is 8.25. The number of anilines is 1. The van der Waals surface area contributed by atoms with Crippen LogP contribution in [0.2, 0.25) is 5.02 Å². The van der Waals surface area contributed by atoms with E-state index in [-0.39, 0.29) is 16.5 Å². The molecule has 3 aromatic rings. The fourth-order valence-corrected chi connectivity index (χ4v) is 5.61. The van der Waals surface area contributed by atoms with Crippen LogP contribution in [0.4, 0.5) is 15.0 Å². The first-order chi connectivity index (χ1) is 15.4. The summed E-state index contributed by atoms with van der Waals surface area (Å²) in [5.41, 5.74) is 0.716. The quantitative estimate of drug-likeness (QED) is 0.584. The molecule has 2 aromatic heterocycles. The van der Waals surface area contributed by atoms with Crippen LogP contribution in [0.5, 0.6) is 0 Å². The van der Waals surface area contributed by atoms with Crippen molar-refractivity contribution in [2.45, 2.75) is 35.3 Å². The highest BCUT2D eigenvalue weighted by atomic mass is 35.5. The van der Waals surface area contributed by atoms with E-state index in [0.717, 1.165) is 37.4 Å². The zero-order valence-electron chi connectivity index (χ0n) is 16.9. The summed E-state index contributed by atoms with van der Waals surface area (Å²) < 4.78 is 15.6. The van der Waals surface area contributed by atoms with E-state index in [9.17, 15) is 14.3 Å². The van der Waals surface area contributed by atoms with Crippen molar-refractivity contribution in [1.29, 1.82) is 0 Å². The highest BCUT2D eigenvalue weighted by molar-refractivity contribution is 7.99. The molecule has 1 aromatic carbocycles. The molecule has 1 atom stereocenters. The van der Waals surface area contributed by atoms with Gasteiger partial charge in [-0.2, -0.15) is 5.10 Å². The number of amides is 1. The predicted octanol–water partition coefficient (Wildman–Crippen LogP) is 4.23. The van der Waals surface area contributed by atoms with E-state index in [2.05, 4.69) is 25.3 Å². The number of nitrogens with zero attached hydrogens (tertiary/aromatic N) is 5. The van der Waals surface area contributed by atoms with E-state index in [0.29, 0.717) is 16.5 Å². The van der Waals surface area contributed by atoms with Gasteiger partial charge < -0.3 is 15.3 Å². The van der Waals surface area contributed by atoms with Gasteiger partial charge in [-0.15, -0.1) is 0 Å². The molecule has 0 radical (unpaired) electrons. The van der Waals surface area contributed by atoms with Crippen LogP contribution in [-0.4, -0.2) is 44.0 Å². The topological polar surface area (TPSA) is 96.2 Å². The second-order valence-electron chi connectivity index (χ2n) is 8.01. The molecule has 1 amide bonds. The summed E-state index contributed by atoms with van der Waals surface area (Å²) in [5.74, 6) is 0.293. The summed E-state index contributed by atoms with van der Waals surface area (Å²) in [6.07, 6.45) is 5.66. The van der Waals surface area contributed by atoms with Crippen molar-refractivity contribution < 1.29 is 14.3 Å². The third kappa shape index (κ3) is 3.77. The Morgan fingerprint density at radius 1 is 1.25 bits per heavy atom. The molecular formula is C21H20ClFN6O2S. The van der Waals surface area contributed by atoms with Gasteiger partial charge in [0.1, 0.15) is 16.7 Å². The van der Waals surface area contributed by atoms with Crippen molar-refractivity contribution in [3.8, 4) is 0 Å². The Hall–Kier alpha value is -2.85. The number of fused-ring (bicyclic) bond motifs is 1. The maximum Gasteiger partial charge on any atom is 0.405 e. The number of benzene rings is 1. The minimum atomic E-state index is -1.02. The smallest absolute Gasteiger partial charge is 0.405 e. The molecule has 2 aliphatic rings. The average Bonchev–Trinajstić information content (AvgIpc) is 3.33. The first kappa shape index (κ1) is 21.0. The van der Waals surface area contributed by atoms with E-state index >= 15 is 0 Å². The highest BCUT2D eigenvalue weighted by Gasteiger charge is 2.49. The lowest BCUT2D eigenvalue weighted by Gasteiger charge is -2.42. The van der Waals surface area contributed by atoms with Gasteiger partial charge in [0, 0.05) is 36.1 Å². The number of carboxylic acid groups (broad SMARTS) is 1. The second-order valence-corrected chi connectivity index (χ2v) is 9.45. The Morgan fingerprint density at radius 2 is 2.06 bits per heavy atom. The van der Waals surface area contributed by atoms with Crippen LogP contribution in [0.1, 0.15) is 24.6 Å². The van der Waals surface area contributed by atoms with Gasteiger partial charge in [-0.1, -0.05) is 29.4 Å². The number of rotatable bonds is 4. The summed E-state index contributed by atoms with van der Waals surface area (Å²) in [4.78, 5) is 23.1. The number of nitrogens with one attached hydrogen (secondary N) is 1. The Bertz CT molecular complexity index is 1150. The Morgan fingerprint density at radius 3 is 2.78 bits per heavy atom. The maximum atomic E-state index is 13.6. The van der Waals surface area contributed by atoms with Gasteiger partial charge in [0.25, 0.3) is 0 Å². The third-order valence-corrected chi connectivity index (χ3v) is 7.69. The molecule has 0 bridgehead atoms. The van der Waals surface area contributed by atoms with Gasteiger partial charge in [-0.3, -0.25) is 4.68 Å². The molecule has 166 valence electrons. The van der Waals surface area contributed by atoms with E-state index in [4.69, 9.17) is 11.6 Å². The van der Waals surface area contributed by atoms with Crippen LogP contribution in [0, 0.1) is 11.2 Å². The van der Waals surface area contributed by atoms with Crippen molar-refractivity contribution in [2.24, 2.45) is 5.41 Å². The fourth-order valence-electron chi connectivity index (χ4n) is 4.60. The molecule has 8 nitrogen and oxygen atoms in total. The van der Waals surface area contributed by atoms with Crippen molar-refractivity contribution in [1.82, 2.24) is 25.1 Å². The van der Waals surface area contributed by atoms with Crippen LogP contribution < -0.4 is 10.2 Å². The molecule has 1 fully saturated rings. The van der Waals surface area contributed by atoms with Gasteiger partial charge in [0.05, 0.1) is 29.2 Å². The largest absolute Gasteiger partial charge is 0.465 e. The van der Waals surface area contributed by atoms with Gasteiger partial charge in [0.2, 0.25) is 0 Å². The zero-order chi connectivity index (χ0) is 22.3. The van der Waals surface area contributed by atoms with Crippen LogP contribution in [-0.2, 0) is 6.54 Å². The van der Waals surface area contributed by atoms with E-state index in [1.807, 2.05) is 10.7 Å². The zero-order valence-corrected chi connectivity index (χ0v) is 18.5. The van der Waals surface area contributed by atoms with Gasteiger partial charge in [-0.05, 0) is 31.0 Å². The molecule has 0 aliphatic carbocycles. The van der Waals surface area contributed by atoms with Crippen LogP contribution >= 0.6 is 23.4 Å². The molecule has 2 N–H and O–H groups in total. The monoisotopic (exact) mass is 474 g/mol. The molecular weight excluding hydrogens is 455 g/mol. The lowest BCUT2D eigenvalue weighted by atomic mass is 9.73. The normalized spacial score (nSPS) is 19.2. The number of piperidine rings is 1. The number of hydrogen-bond acceptors (Lipinski definition) is 6.